The highest BCUT2D eigenvalue weighted by Gasteiger charge is 2.07. The molecular weight excluding hydrogens is 338 g/mol. The lowest BCUT2D eigenvalue weighted by Crippen LogP contribution is -1.98. The molecule has 1 aromatic heterocycles. The molecular formula is C15H19BrClN3. The fourth-order valence-electron chi connectivity index (χ4n) is 2.12. The summed E-state index contributed by atoms with van der Waals surface area (Å²) in [6.45, 7) is 0.785. The quantitative estimate of drug-likeness (QED) is 0.715. The molecule has 2 rings (SSSR count). The summed E-state index contributed by atoms with van der Waals surface area (Å²) < 4.78 is 0.978. The van der Waals surface area contributed by atoms with Crippen LogP contribution in [0.5, 0.6) is 0 Å². The summed E-state index contributed by atoms with van der Waals surface area (Å²) >= 11 is 9.65. The van der Waals surface area contributed by atoms with Crippen molar-refractivity contribution in [1.29, 1.82) is 0 Å². The fraction of sp³-hybridized carbons (Fsp3) is 0.400. The van der Waals surface area contributed by atoms with Gasteiger partial charge in [0, 0.05) is 16.5 Å². The zero-order valence-corrected chi connectivity index (χ0v) is 13.7. The third-order valence-corrected chi connectivity index (χ3v) is 4.02. The normalized spacial score (nSPS) is 10.9. The molecule has 1 heterocycles. The number of nitrogens with one attached hydrogen (secondary N) is 1. The van der Waals surface area contributed by atoms with E-state index in [0.717, 1.165) is 52.4 Å². The highest BCUT2D eigenvalue weighted by atomic mass is 79.9. The van der Waals surface area contributed by atoms with E-state index in [-0.39, 0.29) is 0 Å². The lowest BCUT2D eigenvalue weighted by atomic mass is 10.1. The van der Waals surface area contributed by atoms with Gasteiger partial charge in [-0.05, 0) is 31.5 Å². The van der Waals surface area contributed by atoms with Gasteiger partial charge in [0.05, 0.1) is 16.9 Å². The molecule has 5 heteroatoms. The lowest BCUT2D eigenvalue weighted by molar-refractivity contribution is 0.638. The fourth-order valence-corrected chi connectivity index (χ4v) is 2.90. The van der Waals surface area contributed by atoms with Crippen molar-refractivity contribution in [2.75, 3.05) is 6.54 Å². The van der Waals surface area contributed by atoms with E-state index in [0.29, 0.717) is 0 Å². The Bertz CT molecular complexity index is 554. The molecule has 0 saturated carbocycles. The molecule has 0 atom stereocenters. The Balaban J connectivity index is 1.95. The van der Waals surface area contributed by atoms with Crippen LogP contribution in [0.25, 0.3) is 11.3 Å². The topological polar surface area (TPSA) is 54.7 Å². The van der Waals surface area contributed by atoms with Gasteiger partial charge in [-0.3, -0.25) is 0 Å². The van der Waals surface area contributed by atoms with Gasteiger partial charge in [0.1, 0.15) is 5.82 Å². The summed E-state index contributed by atoms with van der Waals surface area (Å²) in [4.78, 5) is 7.77. The van der Waals surface area contributed by atoms with Gasteiger partial charge in [0.25, 0.3) is 0 Å². The number of benzene rings is 1. The summed E-state index contributed by atoms with van der Waals surface area (Å²) in [5.74, 6) is 1.02. The zero-order chi connectivity index (χ0) is 14.4. The number of unbranched alkanes of at least 4 members (excludes halogenated alkanes) is 3. The minimum atomic E-state index is 0.720. The molecule has 0 spiro atoms. The van der Waals surface area contributed by atoms with Gasteiger partial charge >= 0.3 is 0 Å². The third-order valence-electron chi connectivity index (χ3n) is 3.22. The number of rotatable bonds is 7. The van der Waals surface area contributed by atoms with Crippen LogP contribution in [0.1, 0.15) is 31.5 Å². The van der Waals surface area contributed by atoms with E-state index in [1.165, 1.54) is 12.8 Å². The molecule has 0 amide bonds. The first-order chi connectivity index (χ1) is 9.70. The molecule has 20 heavy (non-hydrogen) atoms. The second kappa shape index (κ2) is 7.81. The molecule has 0 aliphatic rings. The molecule has 108 valence electrons. The summed E-state index contributed by atoms with van der Waals surface area (Å²) in [6, 6.07) is 5.86. The number of halogens is 2. The van der Waals surface area contributed by atoms with Crippen molar-refractivity contribution < 1.29 is 0 Å². The van der Waals surface area contributed by atoms with E-state index in [2.05, 4.69) is 25.9 Å². The highest BCUT2D eigenvalue weighted by Crippen LogP contribution is 2.29. The summed E-state index contributed by atoms with van der Waals surface area (Å²) in [7, 11) is 0. The van der Waals surface area contributed by atoms with Crippen LogP contribution >= 0.6 is 27.5 Å². The molecule has 3 nitrogen and oxygen atoms in total. The van der Waals surface area contributed by atoms with E-state index in [4.69, 9.17) is 17.3 Å². The van der Waals surface area contributed by atoms with Crippen LogP contribution in [-0.4, -0.2) is 16.5 Å². The Morgan fingerprint density at radius 2 is 2.00 bits per heavy atom. The number of hydrogen-bond acceptors (Lipinski definition) is 2. The van der Waals surface area contributed by atoms with Crippen LogP contribution in [0.4, 0.5) is 0 Å². The third kappa shape index (κ3) is 4.33. The van der Waals surface area contributed by atoms with Crippen molar-refractivity contribution in [3.63, 3.8) is 0 Å². The predicted octanol–water partition coefficient (Wildman–Crippen LogP) is 4.55. The predicted molar refractivity (Wildman–Crippen MR) is 88.0 cm³/mol. The smallest absolute Gasteiger partial charge is 0.106 e. The second-order valence-corrected chi connectivity index (χ2v) is 6.14. The maximum Gasteiger partial charge on any atom is 0.106 e. The Kier molecular flexibility index (Phi) is 6.07. The van der Waals surface area contributed by atoms with Gasteiger partial charge in [-0.25, -0.2) is 4.98 Å². The number of aromatic nitrogens is 2. The Hall–Kier alpha value is -0.840. The van der Waals surface area contributed by atoms with Crippen LogP contribution in [0.2, 0.25) is 5.02 Å². The number of nitrogens with zero attached hydrogens (tertiary/aromatic N) is 1. The van der Waals surface area contributed by atoms with Crippen molar-refractivity contribution in [2.24, 2.45) is 5.73 Å². The van der Waals surface area contributed by atoms with Crippen molar-refractivity contribution in [3.05, 3.63) is 39.7 Å². The van der Waals surface area contributed by atoms with Gasteiger partial charge in [-0.15, -0.1) is 0 Å². The lowest BCUT2D eigenvalue weighted by Gasteiger charge is -2.02. The van der Waals surface area contributed by atoms with E-state index in [1.54, 1.807) is 0 Å². The molecule has 1 aromatic carbocycles. The van der Waals surface area contributed by atoms with Crippen molar-refractivity contribution in [1.82, 2.24) is 9.97 Å². The number of H-pyrrole nitrogens is 1. The van der Waals surface area contributed by atoms with Gasteiger partial charge < -0.3 is 10.7 Å². The van der Waals surface area contributed by atoms with Crippen LogP contribution in [0.15, 0.2) is 28.9 Å². The Morgan fingerprint density at radius 1 is 1.20 bits per heavy atom. The van der Waals surface area contributed by atoms with E-state index in [9.17, 15) is 0 Å². The molecule has 0 unspecified atom stereocenters. The number of aromatic amines is 1. The molecule has 0 aliphatic heterocycles. The van der Waals surface area contributed by atoms with E-state index < -0.39 is 0 Å². The SMILES string of the molecule is NCCCCCCc1ncc(-c2ccc(Br)cc2Cl)[nH]1. The minimum Gasteiger partial charge on any atom is -0.342 e. The molecule has 0 fully saturated rings. The van der Waals surface area contributed by atoms with Crippen molar-refractivity contribution in [3.8, 4) is 11.3 Å². The highest BCUT2D eigenvalue weighted by molar-refractivity contribution is 9.10. The molecule has 0 bridgehead atoms. The average molecular weight is 357 g/mol. The van der Waals surface area contributed by atoms with Crippen LogP contribution in [0.3, 0.4) is 0 Å². The maximum absolute atomic E-state index is 6.25. The molecule has 0 saturated heterocycles. The largest absolute Gasteiger partial charge is 0.342 e. The monoisotopic (exact) mass is 355 g/mol. The molecule has 2 aromatic rings. The Labute approximate surface area is 133 Å². The number of aryl methyl sites for hydroxylation is 1. The number of nitrogens with two attached hydrogens (primary N) is 1. The first-order valence-electron chi connectivity index (χ1n) is 6.90. The van der Waals surface area contributed by atoms with E-state index in [1.807, 2.05) is 24.4 Å². The first-order valence-corrected chi connectivity index (χ1v) is 8.07. The van der Waals surface area contributed by atoms with Gasteiger partial charge in [0.2, 0.25) is 0 Å². The molecule has 3 N–H and O–H groups in total. The first kappa shape index (κ1) is 15.5. The van der Waals surface area contributed by atoms with Gasteiger partial charge in [-0.2, -0.15) is 0 Å². The van der Waals surface area contributed by atoms with Gasteiger partial charge in [0.15, 0.2) is 0 Å². The standard InChI is InChI=1S/C15H19BrClN3/c16-11-6-7-12(13(17)9-11)14-10-19-15(20-14)5-3-1-2-4-8-18/h6-7,9-10H,1-5,8,18H2,(H,19,20). The van der Waals surface area contributed by atoms with Crippen LogP contribution in [0, 0.1) is 0 Å². The van der Waals surface area contributed by atoms with Crippen molar-refractivity contribution >= 4 is 27.5 Å². The van der Waals surface area contributed by atoms with Crippen LogP contribution in [-0.2, 0) is 6.42 Å². The van der Waals surface area contributed by atoms with Crippen molar-refractivity contribution in [2.45, 2.75) is 32.1 Å². The maximum atomic E-state index is 6.25. The molecule has 0 radical (unpaired) electrons. The summed E-state index contributed by atoms with van der Waals surface area (Å²) in [6.07, 6.45) is 7.47. The zero-order valence-electron chi connectivity index (χ0n) is 11.3. The molecule has 0 aliphatic carbocycles. The summed E-state index contributed by atoms with van der Waals surface area (Å²) in [5.41, 5.74) is 7.43. The number of hydrogen-bond donors (Lipinski definition) is 2. The van der Waals surface area contributed by atoms with Crippen LogP contribution < -0.4 is 5.73 Å². The summed E-state index contributed by atoms with van der Waals surface area (Å²) in [5, 5.41) is 0.720. The van der Waals surface area contributed by atoms with Gasteiger partial charge in [-0.1, -0.05) is 46.4 Å². The minimum absolute atomic E-state index is 0.720. The number of imidazole rings is 1. The van der Waals surface area contributed by atoms with E-state index >= 15 is 0 Å². The Morgan fingerprint density at radius 3 is 2.75 bits per heavy atom. The second-order valence-electron chi connectivity index (χ2n) is 4.82. The average Bonchev–Trinajstić information content (AvgIpc) is 2.87.